The Hall–Kier alpha value is -12.1. The highest BCUT2D eigenvalue weighted by atomic mass is 33.1. The fraction of sp³-hybridized carbons (Fsp3) is 0.422. The van der Waals surface area contributed by atoms with E-state index in [1.165, 1.54) is 28.7 Å². The Labute approximate surface area is 688 Å². The third kappa shape index (κ3) is 22.9. The molecule has 0 spiro atoms. The standard InChI is InChI=1S/C83H101N21O12S2/c84-82(85)90-27-11-23-61-71(106)36-50(33-52-40-92-59-21-9-7-19-57(52)59)70(105)38-54-44-117-118-45-67(81(116)104-30-14-26-69(104)79(114)101-66(39-56-43-89-47-95-56)78(113)99-64(75(110)96-61)32-49-17-5-2-6-18-49)102-77(112)65(35-53-41-93-60-22-10-8-20-58(53)60)100-74(109)62(24-12-28-91-83(86)87)97-76(111)63(31-48-15-3-1-4-16-48)98-73(108)51(34-55-42-88-46-94-55)37-72(107)68-25-13-29-103(68)80(54)115/h1-10,15-22,40-43,46-47,50-51,54,61-69,92-93H,11-14,23-39,44-45H2,(H,88,94)(H,89,95)(H,96,110)(H,97,111)(H,98,108)(H,99,113)(H,100,109)(H,101,114)(H,102,112)(H4,84,85,90)(H4,86,87,91)/t50-,51-,54+,61+,62+,63-,64-,65+,66+,67+,68+,69+/m1/s1. The smallest absolute Gasteiger partial charge is 0.246 e. The first-order valence-corrected chi connectivity index (χ1v) is 42.4. The summed E-state index contributed by atoms with van der Waals surface area (Å²) in [4.78, 5) is 211. The van der Waals surface area contributed by atoms with Gasteiger partial charge in [-0.1, -0.05) is 119 Å². The number of carbonyl (C=O) groups excluding carboxylic acids is 12. The quantitative estimate of drug-likeness (QED) is 0.0226. The molecule has 4 aromatic heterocycles. The van der Waals surface area contributed by atoms with Crippen molar-refractivity contribution in [2.24, 2.45) is 29.2 Å². The highest BCUT2D eigenvalue weighted by Gasteiger charge is 2.44. The zero-order chi connectivity index (χ0) is 83.2. The number of fused-ring (bicyclic) bond motifs is 9. The highest BCUT2D eigenvalue weighted by molar-refractivity contribution is 8.76. The number of amides is 9. The summed E-state index contributed by atoms with van der Waals surface area (Å²) in [7, 11) is 2.16. The molecular formula is C83H101N21O12S2. The summed E-state index contributed by atoms with van der Waals surface area (Å²) in [6.45, 7) is 0.218. The van der Waals surface area contributed by atoms with Crippen LogP contribution in [0.25, 0.3) is 21.8 Å². The number of rotatable bonds is 20. The molecule has 118 heavy (non-hydrogen) atoms. The second-order valence-electron chi connectivity index (χ2n) is 30.5. The van der Waals surface area contributed by atoms with Crippen molar-refractivity contribution in [3.63, 3.8) is 0 Å². The van der Waals surface area contributed by atoms with Crippen molar-refractivity contribution in [3.05, 3.63) is 180 Å². The molecule has 0 radical (unpaired) electrons. The number of hydrogen-bond donors (Lipinski definition) is 17. The van der Waals surface area contributed by atoms with Gasteiger partial charge in [0.2, 0.25) is 53.2 Å². The zero-order valence-corrected chi connectivity index (χ0v) is 66.8. The van der Waals surface area contributed by atoms with E-state index in [0.29, 0.717) is 51.0 Å². The van der Waals surface area contributed by atoms with Crippen LogP contribution < -0.4 is 59.3 Å². The number of aromatic nitrogens is 6. The van der Waals surface area contributed by atoms with Crippen LogP contribution in [0.4, 0.5) is 0 Å². The van der Waals surface area contributed by atoms with Crippen LogP contribution in [0.2, 0.25) is 0 Å². The maximum absolute atomic E-state index is 16.1. The summed E-state index contributed by atoms with van der Waals surface area (Å²) in [6.07, 6.45) is 8.09. The van der Waals surface area contributed by atoms with Crippen molar-refractivity contribution in [2.75, 3.05) is 37.7 Å². The Morgan fingerprint density at radius 2 is 0.890 bits per heavy atom. The summed E-state index contributed by atoms with van der Waals surface area (Å²) in [5.74, 6) is -13.4. The minimum atomic E-state index is -1.54. The molecular weight excluding hydrogens is 1550 g/mol. The average molecular weight is 1650 g/mol. The molecule has 0 unspecified atom stereocenters. The van der Waals surface area contributed by atoms with Crippen LogP contribution >= 0.6 is 21.6 Å². The molecule has 35 heteroatoms. The van der Waals surface area contributed by atoms with E-state index >= 15 is 57.5 Å². The Morgan fingerprint density at radius 3 is 1.47 bits per heavy atom. The normalized spacial score (nSPS) is 24.3. The molecule has 622 valence electrons. The molecule has 12 rings (SSSR count). The molecule has 4 aromatic carbocycles. The first kappa shape index (κ1) is 85.2. The van der Waals surface area contributed by atoms with Crippen LogP contribution in [-0.4, -0.2) is 214 Å². The van der Waals surface area contributed by atoms with E-state index < -0.39 is 162 Å². The van der Waals surface area contributed by atoms with Crippen LogP contribution in [0.15, 0.2) is 147 Å². The molecule has 33 nitrogen and oxygen atoms in total. The first-order chi connectivity index (χ1) is 57.1. The average Bonchev–Trinajstić information content (AvgIpc) is 1.67. The van der Waals surface area contributed by atoms with Crippen molar-refractivity contribution in [2.45, 2.75) is 164 Å². The van der Waals surface area contributed by atoms with Gasteiger partial charge in [-0.25, -0.2) is 9.97 Å². The number of guanidine groups is 2. The van der Waals surface area contributed by atoms with E-state index in [2.05, 4.69) is 77.8 Å². The number of benzene rings is 4. The van der Waals surface area contributed by atoms with Gasteiger partial charge in [0, 0.05) is 142 Å². The summed E-state index contributed by atoms with van der Waals surface area (Å²) < 4.78 is 0. The topological polar surface area (TPSA) is 508 Å². The van der Waals surface area contributed by atoms with Gasteiger partial charge in [-0.2, -0.15) is 0 Å². The van der Waals surface area contributed by atoms with Crippen molar-refractivity contribution in [3.8, 4) is 0 Å². The third-order valence-electron chi connectivity index (χ3n) is 22.1. The maximum Gasteiger partial charge on any atom is 0.246 e. The number of aromatic amines is 4. The van der Waals surface area contributed by atoms with Crippen LogP contribution in [0, 0.1) is 28.6 Å². The summed E-state index contributed by atoms with van der Waals surface area (Å²) >= 11 is 0. The number of nitrogens with zero attached hydrogens (tertiary/aromatic N) is 4. The van der Waals surface area contributed by atoms with E-state index in [9.17, 15) is 0 Å². The lowest BCUT2D eigenvalue weighted by Gasteiger charge is -2.31. The molecule has 12 atom stereocenters. The van der Waals surface area contributed by atoms with Crippen molar-refractivity contribution in [1.29, 1.82) is 10.8 Å². The number of hydrogen-bond acceptors (Lipinski definition) is 18. The van der Waals surface area contributed by atoms with E-state index in [0.717, 1.165) is 32.5 Å². The van der Waals surface area contributed by atoms with Crippen molar-refractivity contribution < 1.29 is 57.5 Å². The van der Waals surface area contributed by atoms with Gasteiger partial charge in [-0.15, -0.1) is 0 Å². The van der Waals surface area contributed by atoms with Gasteiger partial charge < -0.3 is 89.1 Å². The monoisotopic (exact) mass is 1650 g/mol. The maximum atomic E-state index is 16.1. The molecule has 9 amide bonds. The molecule has 19 N–H and O–H groups in total. The Bertz CT molecular complexity index is 4590. The fourth-order valence-corrected chi connectivity index (χ4v) is 18.4. The molecule has 0 aliphatic carbocycles. The lowest BCUT2D eigenvalue weighted by atomic mass is 9.84. The Balaban J connectivity index is 0.979. The largest absolute Gasteiger partial charge is 0.370 e. The fourth-order valence-electron chi connectivity index (χ4n) is 15.9. The second kappa shape index (κ2) is 41.1. The number of para-hydroxylation sites is 2. The number of carbonyl (C=O) groups is 12. The summed E-state index contributed by atoms with van der Waals surface area (Å²) in [5.41, 5.74) is 16.0. The van der Waals surface area contributed by atoms with E-state index in [1.807, 2.05) is 42.5 Å². The second-order valence-corrected chi connectivity index (χ2v) is 33.0. The minimum Gasteiger partial charge on any atom is -0.370 e. The predicted molar refractivity (Wildman–Crippen MR) is 444 cm³/mol. The van der Waals surface area contributed by atoms with E-state index in [4.69, 9.17) is 22.3 Å². The molecule has 4 fully saturated rings. The summed E-state index contributed by atoms with van der Waals surface area (Å²) in [6, 6.07) is 19.7. The molecule has 4 saturated heterocycles. The van der Waals surface area contributed by atoms with Crippen LogP contribution in [-0.2, 0) is 96.1 Å². The Kier molecular flexibility index (Phi) is 29.7. The number of Topliss-reactive ketones (excluding diaryl/α,β-unsaturated/α-hetero) is 3. The number of imidazole rings is 2. The zero-order valence-electron chi connectivity index (χ0n) is 65.2. The molecule has 4 aliphatic heterocycles. The third-order valence-corrected chi connectivity index (χ3v) is 24.6. The molecule has 8 aromatic rings. The lowest BCUT2D eigenvalue weighted by molar-refractivity contribution is -0.143. The number of nitrogens with one attached hydrogen (secondary N) is 15. The summed E-state index contributed by atoms with van der Waals surface area (Å²) in [5, 5.41) is 43.1. The lowest BCUT2D eigenvalue weighted by Crippen LogP contribution is -2.61. The number of ketones is 3. The van der Waals surface area contributed by atoms with Crippen LogP contribution in [0.5, 0.6) is 0 Å². The van der Waals surface area contributed by atoms with Gasteiger partial charge in [0.15, 0.2) is 23.5 Å². The number of nitrogens with two attached hydrogens (primary N) is 2. The number of H-pyrrole nitrogens is 4. The molecule has 0 saturated carbocycles. The van der Waals surface area contributed by atoms with Crippen molar-refractivity contribution >= 4 is 126 Å². The van der Waals surface area contributed by atoms with E-state index in [-0.39, 0.29) is 133 Å². The van der Waals surface area contributed by atoms with Gasteiger partial charge in [-0.3, -0.25) is 68.4 Å². The van der Waals surface area contributed by atoms with E-state index in [1.54, 1.807) is 85.3 Å². The SMILES string of the molecule is N=C(N)NCCC[C@@H]1NC(=O)[C@@H](Cc2ccccc2)NC(=O)[C@H](Cc2c[nH]cn2)NC(=O)[C@@H]2CCCN2C(=O)[C@@H]2CSSC[C@H](CC(=O)[C@H](Cc3c[nH]c4ccccc34)CC1=O)C(=O)N1CCC[C@H]1C(=O)C[C@@H](Cc1c[nH]cn1)C(=O)N[C@H](Cc1ccccc1)C(=O)N[C@@H](CCCNC(=N)N)C(=O)N[C@@H](Cc1c[nH]c3ccccc13)C(=O)N2. The molecule has 4 aliphatic rings. The van der Waals surface area contributed by atoms with Gasteiger partial charge in [0.1, 0.15) is 48.1 Å². The molecule has 2 bridgehead atoms. The minimum absolute atomic E-state index is 0.0136. The van der Waals surface area contributed by atoms with Gasteiger partial charge in [-0.05, 0) is 92.2 Å². The van der Waals surface area contributed by atoms with Gasteiger partial charge in [0.25, 0.3) is 0 Å². The first-order valence-electron chi connectivity index (χ1n) is 39.9. The predicted octanol–water partition coefficient (Wildman–Crippen LogP) is 2.89. The van der Waals surface area contributed by atoms with Crippen LogP contribution in [0.1, 0.15) is 104 Å². The highest BCUT2D eigenvalue weighted by Crippen LogP contribution is 2.34. The van der Waals surface area contributed by atoms with Crippen molar-refractivity contribution in [1.82, 2.24) is 87.6 Å². The van der Waals surface area contributed by atoms with Crippen LogP contribution in [0.3, 0.4) is 0 Å². The van der Waals surface area contributed by atoms with Gasteiger partial charge in [0.05, 0.1) is 48.0 Å². The molecule has 8 heterocycles. The Morgan fingerprint density at radius 1 is 0.432 bits per heavy atom. The van der Waals surface area contributed by atoms with Gasteiger partial charge >= 0.3 is 0 Å².